The lowest BCUT2D eigenvalue weighted by atomic mass is 9.47. The number of halogens is 1. The molecule has 27 heavy (non-hydrogen) atoms. The van der Waals surface area contributed by atoms with Crippen LogP contribution in [-0.2, 0) is 0 Å². The van der Waals surface area contributed by atoms with E-state index in [-0.39, 0.29) is 11.5 Å². The van der Waals surface area contributed by atoms with Crippen LogP contribution in [0.25, 0.3) is 5.57 Å². The summed E-state index contributed by atoms with van der Waals surface area (Å²) in [6.45, 7) is 4.99. The van der Waals surface area contributed by atoms with E-state index in [1.807, 2.05) is 12.3 Å². The van der Waals surface area contributed by atoms with E-state index in [2.05, 4.69) is 37.0 Å². The van der Waals surface area contributed by atoms with Gasteiger partial charge in [-0.25, -0.2) is 4.98 Å². The van der Waals surface area contributed by atoms with Crippen LogP contribution < -0.4 is 0 Å². The number of pyridine rings is 1. The van der Waals surface area contributed by atoms with Crippen LogP contribution in [0.1, 0.15) is 64.4 Å². The zero-order chi connectivity index (χ0) is 18.8. The first-order valence-corrected chi connectivity index (χ1v) is 11.0. The van der Waals surface area contributed by atoms with Gasteiger partial charge in [0.2, 0.25) is 0 Å². The summed E-state index contributed by atoms with van der Waals surface area (Å²) in [4.78, 5) is 4.34. The Labute approximate surface area is 167 Å². The van der Waals surface area contributed by atoms with E-state index in [9.17, 15) is 5.11 Å². The Morgan fingerprint density at radius 2 is 1.85 bits per heavy atom. The number of hydrogen-bond acceptors (Lipinski definition) is 2. The fourth-order valence-corrected chi connectivity index (χ4v) is 7.30. The SMILES string of the molecule is C[C@]12CC[C@H](O)CC1=CC[C@@H]1[C@@H]2CC[C@]2(C)C(c3ccc(Cl)nc3)=CC[C@@H]12. The van der Waals surface area contributed by atoms with Gasteiger partial charge in [0.25, 0.3) is 0 Å². The van der Waals surface area contributed by atoms with Crippen LogP contribution in [0.5, 0.6) is 0 Å². The van der Waals surface area contributed by atoms with Crippen molar-refractivity contribution in [2.75, 3.05) is 0 Å². The van der Waals surface area contributed by atoms with Crippen LogP contribution in [-0.4, -0.2) is 16.2 Å². The van der Waals surface area contributed by atoms with Gasteiger partial charge in [-0.1, -0.05) is 49.2 Å². The average molecular weight is 384 g/mol. The number of fused-ring (bicyclic) bond motifs is 5. The van der Waals surface area contributed by atoms with Crippen LogP contribution in [0.4, 0.5) is 0 Å². The van der Waals surface area contributed by atoms with E-state index in [1.54, 1.807) is 5.57 Å². The molecule has 0 saturated heterocycles. The molecule has 0 amide bonds. The highest BCUT2D eigenvalue weighted by atomic mass is 35.5. The molecular formula is C24H30ClNO. The number of rotatable bonds is 1. The van der Waals surface area contributed by atoms with Gasteiger partial charge in [0.15, 0.2) is 0 Å². The zero-order valence-electron chi connectivity index (χ0n) is 16.4. The first-order valence-electron chi connectivity index (χ1n) is 10.6. The molecule has 0 unspecified atom stereocenters. The lowest BCUT2D eigenvalue weighted by Gasteiger charge is -2.57. The fourth-order valence-electron chi connectivity index (χ4n) is 7.19. The molecule has 0 aliphatic heterocycles. The Morgan fingerprint density at radius 3 is 2.63 bits per heavy atom. The van der Waals surface area contributed by atoms with Crippen LogP contribution in [0.2, 0.25) is 5.15 Å². The highest BCUT2D eigenvalue weighted by molar-refractivity contribution is 6.29. The van der Waals surface area contributed by atoms with Crippen LogP contribution in [0.15, 0.2) is 36.1 Å². The molecule has 144 valence electrons. The monoisotopic (exact) mass is 383 g/mol. The van der Waals surface area contributed by atoms with Gasteiger partial charge in [-0.3, -0.25) is 0 Å². The second-order valence-electron chi connectivity index (χ2n) is 9.84. The lowest BCUT2D eigenvalue weighted by molar-refractivity contribution is -0.0238. The van der Waals surface area contributed by atoms with Crippen molar-refractivity contribution in [1.29, 1.82) is 0 Å². The molecule has 0 spiro atoms. The highest BCUT2D eigenvalue weighted by Crippen LogP contribution is 2.66. The molecule has 0 radical (unpaired) electrons. The molecule has 3 heteroatoms. The Kier molecular flexibility index (Phi) is 4.11. The Hall–Kier alpha value is -1.12. The molecule has 1 aromatic rings. The third kappa shape index (κ3) is 2.59. The van der Waals surface area contributed by atoms with Crippen molar-refractivity contribution in [3.63, 3.8) is 0 Å². The Morgan fingerprint density at radius 1 is 1.04 bits per heavy atom. The van der Waals surface area contributed by atoms with Gasteiger partial charge in [0.1, 0.15) is 5.15 Å². The second kappa shape index (κ2) is 6.19. The van der Waals surface area contributed by atoms with Gasteiger partial charge in [-0.05, 0) is 90.7 Å². The van der Waals surface area contributed by atoms with E-state index in [0.717, 1.165) is 37.0 Å². The molecule has 1 aromatic heterocycles. The minimum absolute atomic E-state index is 0.119. The van der Waals surface area contributed by atoms with Crippen molar-refractivity contribution < 1.29 is 5.11 Å². The minimum Gasteiger partial charge on any atom is -0.393 e. The topological polar surface area (TPSA) is 33.1 Å². The zero-order valence-corrected chi connectivity index (χ0v) is 17.2. The molecule has 0 bridgehead atoms. The number of aromatic nitrogens is 1. The number of aliphatic hydroxyl groups is 1. The molecule has 5 rings (SSSR count). The molecule has 4 aliphatic rings. The molecule has 2 saturated carbocycles. The normalized spacial score (nSPS) is 43.3. The second-order valence-corrected chi connectivity index (χ2v) is 10.2. The number of hydrogen-bond donors (Lipinski definition) is 1. The summed E-state index contributed by atoms with van der Waals surface area (Å²) in [5.74, 6) is 2.27. The molecule has 1 heterocycles. The average Bonchev–Trinajstić information content (AvgIpc) is 3.00. The van der Waals surface area contributed by atoms with Crippen molar-refractivity contribution in [1.82, 2.24) is 4.98 Å². The Balaban J connectivity index is 1.46. The lowest BCUT2D eigenvalue weighted by Crippen LogP contribution is -2.49. The van der Waals surface area contributed by atoms with E-state index in [1.165, 1.54) is 36.8 Å². The predicted octanol–water partition coefficient (Wildman–Crippen LogP) is 6.05. The van der Waals surface area contributed by atoms with Crippen molar-refractivity contribution in [3.05, 3.63) is 46.8 Å². The summed E-state index contributed by atoms with van der Waals surface area (Å²) >= 11 is 6.02. The molecule has 1 N–H and O–H groups in total. The third-order valence-electron chi connectivity index (χ3n) is 8.70. The summed E-state index contributed by atoms with van der Waals surface area (Å²) in [5.41, 5.74) is 4.87. The summed E-state index contributed by atoms with van der Waals surface area (Å²) in [6, 6.07) is 4.06. The molecule has 0 aromatic carbocycles. The maximum atomic E-state index is 10.2. The number of allylic oxidation sites excluding steroid dienone is 3. The summed E-state index contributed by atoms with van der Waals surface area (Å²) in [5, 5.41) is 10.7. The highest BCUT2D eigenvalue weighted by Gasteiger charge is 2.56. The molecule has 6 atom stereocenters. The third-order valence-corrected chi connectivity index (χ3v) is 8.92. The minimum atomic E-state index is -0.119. The quantitative estimate of drug-likeness (QED) is 0.472. The standard InChI is InChI=1S/C24H30ClNO/c1-23-11-9-17(27)13-16(23)4-5-18-20-7-6-19(15-3-8-22(25)26-14-15)24(20,2)12-10-21(18)23/h3-4,6,8,14,17-18,20-21,27H,5,7,9-13H2,1-2H3/t17-,18-,20-,21-,23-,24+/m0/s1. The summed E-state index contributed by atoms with van der Waals surface area (Å²) < 4.78 is 0. The van der Waals surface area contributed by atoms with E-state index in [4.69, 9.17) is 11.6 Å². The molecule has 4 aliphatic carbocycles. The van der Waals surface area contributed by atoms with Crippen LogP contribution >= 0.6 is 11.6 Å². The van der Waals surface area contributed by atoms with E-state index < -0.39 is 0 Å². The summed E-state index contributed by atoms with van der Waals surface area (Å²) in [7, 11) is 0. The van der Waals surface area contributed by atoms with Crippen molar-refractivity contribution >= 4 is 17.2 Å². The van der Waals surface area contributed by atoms with Crippen LogP contribution in [0.3, 0.4) is 0 Å². The number of nitrogens with zero attached hydrogens (tertiary/aromatic N) is 1. The van der Waals surface area contributed by atoms with Gasteiger partial charge in [-0.15, -0.1) is 0 Å². The van der Waals surface area contributed by atoms with Gasteiger partial charge in [0, 0.05) is 6.20 Å². The predicted molar refractivity (Wildman–Crippen MR) is 110 cm³/mol. The summed E-state index contributed by atoms with van der Waals surface area (Å²) in [6.07, 6.45) is 14.8. The van der Waals surface area contributed by atoms with Crippen LogP contribution in [0, 0.1) is 28.6 Å². The van der Waals surface area contributed by atoms with Crippen molar-refractivity contribution in [2.45, 2.75) is 64.9 Å². The smallest absolute Gasteiger partial charge is 0.129 e. The Bertz CT molecular complexity index is 812. The van der Waals surface area contributed by atoms with Gasteiger partial charge in [-0.2, -0.15) is 0 Å². The van der Waals surface area contributed by atoms with E-state index in [0.29, 0.717) is 10.6 Å². The molecular weight excluding hydrogens is 354 g/mol. The number of aliphatic hydroxyl groups excluding tert-OH is 1. The maximum Gasteiger partial charge on any atom is 0.129 e. The van der Waals surface area contributed by atoms with Crippen molar-refractivity contribution in [3.8, 4) is 0 Å². The van der Waals surface area contributed by atoms with Gasteiger partial charge in [0.05, 0.1) is 6.10 Å². The molecule has 2 fully saturated rings. The van der Waals surface area contributed by atoms with E-state index >= 15 is 0 Å². The maximum absolute atomic E-state index is 10.2. The fraction of sp³-hybridized carbons (Fsp3) is 0.625. The van der Waals surface area contributed by atoms with Gasteiger partial charge >= 0.3 is 0 Å². The van der Waals surface area contributed by atoms with Crippen molar-refractivity contribution in [2.24, 2.45) is 28.6 Å². The van der Waals surface area contributed by atoms with Gasteiger partial charge < -0.3 is 5.11 Å². The largest absolute Gasteiger partial charge is 0.393 e. The molecule has 2 nitrogen and oxygen atoms in total. The first-order chi connectivity index (χ1) is 12.9. The first kappa shape index (κ1) is 17.9.